The highest BCUT2D eigenvalue weighted by molar-refractivity contribution is 5.83. The normalized spacial score (nSPS) is 28.9. The molecular formula is C45H72N2O9. The van der Waals surface area contributed by atoms with Crippen LogP contribution in [0.3, 0.4) is 0 Å². The molecule has 0 aliphatic heterocycles. The Bertz CT molecular complexity index is 1440. The fourth-order valence-electron chi connectivity index (χ4n) is 10.7. The van der Waals surface area contributed by atoms with Gasteiger partial charge in [0.2, 0.25) is 5.91 Å². The number of amides is 2. The number of rotatable bonds is 18. The lowest BCUT2D eigenvalue weighted by molar-refractivity contribution is -0.145. The van der Waals surface area contributed by atoms with Crippen LogP contribution in [0.5, 0.6) is 5.75 Å². The molecule has 3 aliphatic rings. The number of benzene rings is 1. The Morgan fingerprint density at radius 1 is 1.02 bits per heavy atom. The van der Waals surface area contributed by atoms with Crippen molar-refractivity contribution in [3.63, 3.8) is 0 Å². The molecule has 316 valence electrons. The van der Waals surface area contributed by atoms with Gasteiger partial charge in [0.15, 0.2) is 0 Å². The Kier molecular flexibility index (Phi) is 16.7. The first-order chi connectivity index (χ1) is 26.5. The molecule has 11 heteroatoms. The van der Waals surface area contributed by atoms with Crippen LogP contribution >= 0.6 is 0 Å². The van der Waals surface area contributed by atoms with Gasteiger partial charge in [-0.15, -0.1) is 0 Å². The predicted molar refractivity (Wildman–Crippen MR) is 216 cm³/mol. The molecule has 2 unspecified atom stereocenters. The third-order valence-electron chi connectivity index (χ3n) is 13.3. The molecule has 56 heavy (non-hydrogen) atoms. The van der Waals surface area contributed by atoms with Gasteiger partial charge in [-0.05, 0) is 144 Å². The molecule has 3 fully saturated rings. The second-order valence-electron chi connectivity index (χ2n) is 18.3. The van der Waals surface area contributed by atoms with Gasteiger partial charge in [-0.25, -0.2) is 14.4 Å². The van der Waals surface area contributed by atoms with Gasteiger partial charge in [0.1, 0.15) is 23.9 Å². The zero-order valence-corrected chi connectivity index (χ0v) is 35.4. The molecule has 0 aromatic heterocycles. The number of esters is 2. The number of fused-ring (bicyclic) bond motifs is 3. The molecule has 1 aromatic carbocycles. The standard InChI is InChI=1S/C45H72N2O9/c1-9-12-13-32(48)26-31-25-30-22-23-45(8)35(19-20-36(45)40(30)41(51)34(31)10-2)28(4)14-21-38(49)46-27-39(50)55-33-17-15-29(16-18-33)24-37(42(52)54-11-3)47-43(53)56-44(5,6)7/h15-18,28,30-32,34-37,40-41,48,51H,9-14,19-27H2,1-8H3,(H,46,49)(H,47,53)/t28-,30?,31?,32-,34-,35-,36+,37+,40-,41-,45-/m1/s1. The Labute approximate surface area is 335 Å². The number of carbonyl (C=O) groups excluding carboxylic acids is 4. The van der Waals surface area contributed by atoms with Crippen LogP contribution < -0.4 is 15.4 Å². The number of hydrogen-bond acceptors (Lipinski definition) is 9. The van der Waals surface area contributed by atoms with E-state index in [2.05, 4.69) is 38.3 Å². The molecule has 0 bridgehead atoms. The quantitative estimate of drug-likeness (QED) is 0.0872. The molecule has 0 saturated heterocycles. The van der Waals surface area contributed by atoms with Crippen molar-refractivity contribution in [1.29, 1.82) is 0 Å². The van der Waals surface area contributed by atoms with Gasteiger partial charge < -0.3 is 35.1 Å². The number of unbranched alkanes of at least 4 members (excludes halogenated alkanes) is 1. The molecule has 4 N–H and O–H groups in total. The summed E-state index contributed by atoms with van der Waals surface area (Å²) in [6.45, 7) is 15.9. The SMILES string of the molecule is CCCC[C@@H](O)CC1CC2CC[C@]3(C)[C@@H]([C@H](C)CCC(=O)NCC(=O)Oc4ccc(C[C@H](NC(=O)OC(C)(C)C)C(=O)OCC)cc4)CC[C@H]3[C@@H]2[C@H](O)[C@@H]1CC. The van der Waals surface area contributed by atoms with Crippen molar-refractivity contribution in [1.82, 2.24) is 10.6 Å². The summed E-state index contributed by atoms with van der Waals surface area (Å²) in [7, 11) is 0. The maximum atomic E-state index is 12.9. The van der Waals surface area contributed by atoms with Crippen LogP contribution in [0.15, 0.2) is 24.3 Å². The van der Waals surface area contributed by atoms with Crippen molar-refractivity contribution in [3.05, 3.63) is 29.8 Å². The Hall–Kier alpha value is -3.18. The largest absolute Gasteiger partial charge is 0.464 e. The number of carbonyl (C=O) groups is 4. The first-order valence-electron chi connectivity index (χ1n) is 21.6. The maximum absolute atomic E-state index is 12.9. The minimum Gasteiger partial charge on any atom is -0.464 e. The van der Waals surface area contributed by atoms with E-state index in [-0.39, 0.29) is 49.0 Å². The number of aliphatic hydroxyl groups excluding tert-OH is 2. The van der Waals surface area contributed by atoms with Gasteiger partial charge in [-0.3, -0.25) is 4.79 Å². The van der Waals surface area contributed by atoms with Crippen molar-refractivity contribution < 1.29 is 43.6 Å². The molecule has 1 aromatic rings. The fourth-order valence-corrected chi connectivity index (χ4v) is 10.7. The summed E-state index contributed by atoms with van der Waals surface area (Å²) in [4.78, 5) is 50.4. The molecule has 11 atom stereocenters. The highest BCUT2D eigenvalue weighted by atomic mass is 16.6. The van der Waals surface area contributed by atoms with E-state index in [4.69, 9.17) is 14.2 Å². The zero-order chi connectivity index (χ0) is 41.2. The van der Waals surface area contributed by atoms with E-state index in [0.717, 1.165) is 70.6 Å². The minimum atomic E-state index is -0.961. The summed E-state index contributed by atoms with van der Waals surface area (Å²) in [6.07, 6.45) is 10.3. The van der Waals surface area contributed by atoms with Crippen molar-refractivity contribution in [3.8, 4) is 5.75 Å². The zero-order valence-electron chi connectivity index (χ0n) is 35.4. The van der Waals surface area contributed by atoms with Gasteiger partial charge in [-0.1, -0.05) is 59.1 Å². The molecule has 0 radical (unpaired) electrons. The third-order valence-corrected chi connectivity index (χ3v) is 13.3. The number of ether oxygens (including phenoxy) is 3. The van der Waals surface area contributed by atoms with Gasteiger partial charge >= 0.3 is 18.0 Å². The van der Waals surface area contributed by atoms with Crippen molar-refractivity contribution in [2.75, 3.05) is 13.2 Å². The monoisotopic (exact) mass is 785 g/mol. The molecule has 0 spiro atoms. The van der Waals surface area contributed by atoms with Crippen LogP contribution in [0, 0.1) is 46.8 Å². The average molecular weight is 785 g/mol. The van der Waals surface area contributed by atoms with Crippen LogP contribution in [-0.4, -0.2) is 71.2 Å². The van der Waals surface area contributed by atoms with E-state index in [9.17, 15) is 29.4 Å². The highest BCUT2D eigenvalue weighted by Gasteiger charge is 2.59. The van der Waals surface area contributed by atoms with Crippen LogP contribution in [-0.2, 0) is 30.3 Å². The van der Waals surface area contributed by atoms with Crippen molar-refractivity contribution in [2.45, 2.75) is 163 Å². The van der Waals surface area contributed by atoms with Gasteiger partial charge in [0, 0.05) is 12.8 Å². The Morgan fingerprint density at radius 2 is 1.73 bits per heavy atom. The van der Waals surface area contributed by atoms with E-state index >= 15 is 0 Å². The topological polar surface area (TPSA) is 160 Å². The van der Waals surface area contributed by atoms with Crippen LogP contribution in [0.25, 0.3) is 0 Å². The first kappa shape index (κ1) is 45.5. The Morgan fingerprint density at radius 3 is 2.38 bits per heavy atom. The second-order valence-corrected chi connectivity index (χ2v) is 18.3. The lowest BCUT2D eigenvalue weighted by Crippen LogP contribution is -2.53. The minimum absolute atomic E-state index is 0.136. The van der Waals surface area contributed by atoms with Gasteiger partial charge in [-0.2, -0.15) is 0 Å². The van der Waals surface area contributed by atoms with E-state index in [1.807, 2.05) is 0 Å². The lowest BCUT2D eigenvalue weighted by Gasteiger charge is -2.56. The average Bonchev–Trinajstić information content (AvgIpc) is 3.49. The summed E-state index contributed by atoms with van der Waals surface area (Å²) in [5, 5.41) is 28.0. The number of nitrogens with one attached hydrogen (secondary N) is 2. The maximum Gasteiger partial charge on any atom is 0.408 e. The third kappa shape index (κ3) is 12.2. The van der Waals surface area contributed by atoms with E-state index in [1.54, 1.807) is 52.0 Å². The smallest absolute Gasteiger partial charge is 0.408 e. The molecule has 3 saturated carbocycles. The number of hydrogen-bond donors (Lipinski definition) is 4. The summed E-state index contributed by atoms with van der Waals surface area (Å²) < 4.78 is 15.9. The molecular weight excluding hydrogens is 712 g/mol. The number of aliphatic hydroxyl groups is 2. The number of alkyl carbamates (subject to hydrolysis) is 1. The van der Waals surface area contributed by atoms with E-state index < -0.39 is 29.7 Å². The first-order valence-corrected chi connectivity index (χ1v) is 21.6. The van der Waals surface area contributed by atoms with Crippen molar-refractivity contribution >= 4 is 23.9 Å². The van der Waals surface area contributed by atoms with Crippen molar-refractivity contribution in [2.24, 2.45) is 46.8 Å². The molecule has 2 amide bonds. The second kappa shape index (κ2) is 20.5. The molecule has 0 heterocycles. The van der Waals surface area contributed by atoms with Crippen LogP contribution in [0.1, 0.15) is 138 Å². The summed E-state index contributed by atoms with van der Waals surface area (Å²) in [5.74, 6) is 1.70. The Balaban J connectivity index is 1.23. The molecule has 3 aliphatic carbocycles. The van der Waals surface area contributed by atoms with Crippen LogP contribution in [0.4, 0.5) is 4.79 Å². The summed E-state index contributed by atoms with van der Waals surface area (Å²) >= 11 is 0. The van der Waals surface area contributed by atoms with E-state index in [1.165, 1.54) is 0 Å². The molecule has 11 nitrogen and oxygen atoms in total. The van der Waals surface area contributed by atoms with E-state index in [0.29, 0.717) is 53.2 Å². The predicted octanol–water partition coefficient (Wildman–Crippen LogP) is 7.53. The summed E-state index contributed by atoms with van der Waals surface area (Å²) in [5.41, 5.74) is 0.117. The summed E-state index contributed by atoms with van der Waals surface area (Å²) in [6, 6.07) is 5.63. The highest BCUT2D eigenvalue weighted by Crippen LogP contribution is 2.64. The lowest BCUT2D eigenvalue weighted by atomic mass is 9.50. The van der Waals surface area contributed by atoms with Gasteiger partial charge in [0.25, 0.3) is 0 Å². The van der Waals surface area contributed by atoms with Crippen LogP contribution in [0.2, 0.25) is 0 Å². The molecule has 4 rings (SSSR count). The van der Waals surface area contributed by atoms with Gasteiger partial charge in [0.05, 0.1) is 18.8 Å². The fraction of sp³-hybridized carbons (Fsp3) is 0.778.